The number of thiocarbonyl (C=S) groups is 1. The first kappa shape index (κ1) is 16.1. The molecule has 0 fully saturated rings. The molecule has 0 aliphatic carbocycles. The van der Waals surface area contributed by atoms with Gasteiger partial charge in [0.2, 0.25) is 11.8 Å². The number of carbonyl (C=O) groups excluding carboxylic acids is 2. The Balaban J connectivity index is 2.51. The zero-order valence-electron chi connectivity index (χ0n) is 11.2. The van der Waals surface area contributed by atoms with Crippen molar-refractivity contribution in [1.29, 1.82) is 0 Å². The highest BCUT2D eigenvalue weighted by Gasteiger charge is 2.21. The second kappa shape index (κ2) is 8.27. The lowest BCUT2D eigenvalue weighted by molar-refractivity contribution is -0.123. The monoisotopic (exact) mass is 293 g/mol. The van der Waals surface area contributed by atoms with Gasteiger partial charge in [0.1, 0.15) is 0 Å². The molecule has 20 heavy (non-hydrogen) atoms. The first-order chi connectivity index (χ1) is 9.50. The van der Waals surface area contributed by atoms with Crippen LogP contribution in [0.5, 0.6) is 0 Å². The van der Waals surface area contributed by atoms with Crippen LogP contribution in [0.3, 0.4) is 0 Å². The topological polar surface area (TPSA) is 98.2 Å². The van der Waals surface area contributed by atoms with Crippen LogP contribution < -0.4 is 16.8 Å². The smallest absolute Gasteiger partial charge is 0.230 e. The maximum Gasteiger partial charge on any atom is 0.230 e. The molecule has 1 aromatic carbocycles. The maximum absolute atomic E-state index is 12.0. The average Bonchev–Trinajstić information content (AvgIpc) is 2.41. The molecule has 0 saturated heterocycles. The molecule has 0 heterocycles. The number of carbonyl (C=O) groups is 2. The summed E-state index contributed by atoms with van der Waals surface area (Å²) in [6.45, 7) is 0.385. The van der Waals surface area contributed by atoms with E-state index < -0.39 is 5.92 Å². The molecule has 1 aromatic rings. The Morgan fingerprint density at radius 2 is 1.85 bits per heavy atom. The van der Waals surface area contributed by atoms with E-state index >= 15 is 0 Å². The lowest BCUT2D eigenvalue weighted by Gasteiger charge is -2.15. The lowest BCUT2D eigenvalue weighted by Crippen LogP contribution is -2.39. The number of hydrogen-bond acceptors (Lipinski definition) is 3. The lowest BCUT2D eigenvalue weighted by atomic mass is 9.98. The molecule has 5 N–H and O–H groups in total. The van der Waals surface area contributed by atoms with E-state index in [2.05, 4.69) is 5.32 Å². The zero-order valence-corrected chi connectivity index (χ0v) is 12.0. The predicted molar refractivity (Wildman–Crippen MR) is 81.9 cm³/mol. The van der Waals surface area contributed by atoms with Crippen molar-refractivity contribution in [2.75, 3.05) is 6.54 Å². The fraction of sp³-hybridized carbons (Fsp3) is 0.357. The Bertz CT molecular complexity index is 477. The highest BCUT2D eigenvalue weighted by Crippen LogP contribution is 2.09. The van der Waals surface area contributed by atoms with E-state index in [1.54, 1.807) is 0 Å². The number of hydrogen-bond donors (Lipinski definition) is 3. The Morgan fingerprint density at radius 1 is 1.20 bits per heavy atom. The minimum absolute atomic E-state index is 0.168. The van der Waals surface area contributed by atoms with Crippen LogP contribution in [-0.4, -0.2) is 23.3 Å². The molecule has 0 radical (unpaired) electrons. The van der Waals surface area contributed by atoms with Crippen molar-refractivity contribution in [2.24, 2.45) is 17.4 Å². The summed E-state index contributed by atoms with van der Waals surface area (Å²) in [5.41, 5.74) is 11.7. The van der Waals surface area contributed by atoms with Crippen molar-refractivity contribution in [2.45, 2.75) is 19.3 Å². The van der Waals surface area contributed by atoms with Crippen LogP contribution in [-0.2, 0) is 16.0 Å². The molecule has 0 aliphatic heterocycles. The highest BCUT2D eigenvalue weighted by atomic mass is 32.1. The molecule has 0 aliphatic rings. The van der Waals surface area contributed by atoms with Crippen LogP contribution in [0.4, 0.5) is 0 Å². The molecule has 6 heteroatoms. The molecule has 2 amide bonds. The minimum atomic E-state index is -0.541. The summed E-state index contributed by atoms with van der Waals surface area (Å²) in [5.74, 6) is -1.14. The highest BCUT2D eigenvalue weighted by molar-refractivity contribution is 7.80. The van der Waals surface area contributed by atoms with E-state index in [1.165, 1.54) is 0 Å². The minimum Gasteiger partial charge on any atom is -0.393 e. The fourth-order valence-electron chi connectivity index (χ4n) is 1.77. The van der Waals surface area contributed by atoms with Crippen molar-refractivity contribution < 1.29 is 9.59 Å². The van der Waals surface area contributed by atoms with Gasteiger partial charge < -0.3 is 16.8 Å². The summed E-state index contributed by atoms with van der Waals surface area (Å²) in [7, 11) is 0. The van der Waals surface area contributed by atoms with Gasteiger partial charge in [-0.15, -0.1) is 0 Å². The first-order valence-electron chi connectivity index (χ1n) is 6.40. The van der Waals surface area contributed by atoms with Gasteiger partial charge in [-0.2, -0.15) is 0 Å². The van der Waals surface area contributed by atoms with E-state index in [0.29, 0.717) is 19.4 Å². The third-order valence-electron chi connectivity index (χ3n) is 2.84. The number of primary amides is 1. The number of amides is 2. The summed E-state index contributed by atoms with van der Waals surface area (Å²) in [4.78, 5) is 22.8. The Morgan fingerprint density at radius 3 is 2.40 bits per heavy atom. The normalized spacial score (nSPS) is 11.6. The predicted octanol–water partition coefficient (Wildman–Crippen LogP) is 0.513. The number of rotatable bonds is 8. The van der Waals surface area contributed by atoms with Gasteiger partial charge in [0, 0.05) is 13.0 Å². The molecule has 0 spiro atoms. The standard InChI is InChI=1S/C14H19N3O2S/c15-12(18)7-4-8-17-14(19)11(13(16)20)9-10-5-2-1-3-6-10/h1-3,5-6,11H,4,7-9H2,(H2,15,18)(H2,16,20)(H,17,19). The van der Waals surface area contributed by atoms with Gasteiger partial charge in [0.05, 0.1) is 10.9 Å². The maximum atomic E-state index is 12.0. The molecule has 1 unspecified atom stereocenters. The van der Waals surface area contributed by atoms with Crippen LogP contribution in [0.1, 0.15) is 18.4 Å². The largest absolute Gasteiger partial charge is 0.393 e. The van der Waals surface area contributed by atoms with Crippen molar-refractivity contribution in [1.82, 2.24) is 5.32 Å². The molecule has 5 nitrogen and oxygen atoms in total. The first-order valence-corrected chi connectivity index (χ1v) is 6.80. The SMILES string of the molecule is NC(=O)CCCNC(=O)C(Cc1ccccc1)C(N)=S. The van der Waals surface area contributed by atoms with Gasteiger partial charge in [0.25, 0.3) is 0 Å². The molecule has 0 bridgehead atoms. The van der Waals surface area contributed by atoms with Crippen molar-refractivity contribution in [3.05, 3.63) is 35.9 Å². The van der Waals surface area contributed by atoms with Crippen LogP contribution in [0.25, 0.3) is 0 Å². The molecular formula is C14H19N3O2S. The van der Waals surface area contributed by atoms with Crippen molar-refractivity contribution >= 4 is 29.0 Å². The summed E-state index contributed by atoms with van der Waals surface area (Å²) >= 11 is 4.96. The van der Waals surface area contributed by atoms with Gasteiger partial charge >= 0.3 is 0 Å². The van der Waals surface area contributed by atoms with E-state index in [1.807, 2.05) is 30.3 Å². The molecule has 1 rings (SSSR count). The van der Waals surface area contributed by atoms with E-state index in [4.69, 9.17) is 23.7 Å². The van der Waals surface area contributed by atoms with Crippen molar-refractivity contribution in [3.8, 4) is 0 Å². The molecule has 0 aromatic heterocycles. The molecular weight excluding hydrogens is 274 g/mol. The summed E-state index contributed by atoms with van der Waals surface area (Å²) < 4.78 is 0. The van der Waals surface area contributed by atoms with Gasteiger partial charge in [-0.25, -0.2) is 0 Å². The van der Waals surface area contributed by atoms with Gasteiger partial charge in [-0.05, 0) is 18.4 Å². The van der Waals surface area contributed by atoms with Crippen LogP contribution in [0, 0.1) is 5.92 Å². The number of nitrogens with two attached hydrogens (primary N) is 2. The van der Waals surface area contributed by atoms with Gasteiger partial charge in [-0.3, -0.25) is 9.59 Å². The quantitative estimate of drug-likeness (QED) is 0.480. The fourth-order valence-corrected chi connectivity index (χ4v) is 1.96. The third-order valence-corrected chi connectivity index (χ3v) is 3.13. The molecule has 1 atom stereocenters. The summed E-state index contributed by atoms with van der Waals surface area (Å²) in [5, 5.41) is 2.73. The Hall–Kier alpha value is -1.95. The van der Waals surface area contributed by atoms with E-state index in [9.17, 15) is 9.59 Å². The van der Waals surface area contributed by atoms with Gasteiger partial charge in [-0.1, -0.05) is 42.5 Å². The summed E-state index contributed by atoms with van der Waals surface area (Å²) in [6.07, 6.45) is 1.23. The number of benzene rings is 1. The van der Waals surface area contributed by atoms with E-state index in [0.717, 1.165) is 5.56 Å². The molecule has 108 valence electrons. The molecule has 0 saturated carbocycles. The average molecular weight is 293 g/mol. The summed E-state index contributed by atoms with van der Waals surface area (Å²) in [6, 6.07) is 9.55. The van der Waals surface area contributed by atoms with E-state index in [-0.39, 0.29) is 23.2 Å². The third kappa shape index (κ3) is 5.79. The number of nitrogens with one attached hydrogen (secondary N) is 1. The Labute approximate surface area is 123 Å². The second-order valence-corrected chi connectivity index (χ2v) is 4.98. The van der Waals surface area contributed by atoms with Crippen molar-refractivity contribution in [3.63, 3.8) is 0 Å². The zero-order chi connectivity index (χ0) is 15.0. The second-order valence-electron chi connectivity index (χ2n) is 4.51. The van der Waals surface area contributed by atoms with Gasteiger partial charge in [0.15, 0.2) is 0 Å². The van der Waals surface area contributed by atoms with Crippen LogP contribution in [0.2, 0.25) is 0 Å². The van der Waals surface area contributed by atoms with Crippen LogP contribution >= 0.6 is 12.2 Å². The van der Waals surface area contributed by atoms with Crippen LogP contribution in [0.15, 0.2) is 30.3 Å². The Kier molecular flexibility index (Phi) is 6.66.